The molecule has 2 N–H and O–H groups in total. The highest BCUT2D eigenvalue weighted by molar-refractivity contribution is 5.92. The van der Waals surface area contributed by atoms with Crippen molar-refractivity contribution in [2.75, 3.05) is 13.1 Å². The van der Waals surface area contributed by atoms with Gasteiger partial charge in [0.1, 0.15) is 5.69 Å². The molecule has 1 aromatic heterocycles. The van der Waals surface area contributed by atoms with Gasteiger partial charge in [-0.3, -0.25) is 19.5 Å². The third-order valence-electron chi connectivity index (χ3n) is 3.61. The van der Waals surface area contributed by atoms with Crippen LogP contribution >= 0.6 is 0 Å². The van der Waals surface area contributed by atoms with E-state index >= 15 is 0 Å². The first-order chi connectivity index (χ1) is 9.60. The smallest absolute Gasteiger partial charge is 0.317 e. The van der Waals surface area contributed by atoms with Gasteiger partial charge in [0.25, 0.3) is 5.91 Å². The lowest BCUT2D eigenvalue weighted by molar-refractivity contribution is -0.139. The number of nitrogens with one attached hydrogen (secondary N) is 1. The van der Waals surface area contributed by atoms with E-state index in [2.05, 4.69) is 10.3 Å². The van der Waals surface area contributed by atoms with Crippen molar-refractivity contribution in [2.24, 2.45) is 0 Å². The van der Waals surface area contributed by atoms with Gasteiger partial charge in [-0.2, -0.15) is 0 Å². The second-order valence-corrected chi connectivity index (χ2v) is 4.97. The molecule has 0 aromatic carbocycles. The van der Waals surface area contributed by atoms with Crippen LogP contribution in [0.5, 0.6) is 0 Å². The molecule has 0 bridgehead atoms. The number of carboxylic acids is 1. The van der Waals surface area contributed by atoms with Gasteiger partial charge in [-0.25, -0.2) is 0 Å². The van der Waals surface area contributed by atoms with Gasteiger partial charge in [0.05, 0.1) is 6.54 Å². The number of aliphatic carboxylic acids is 1. The number of hydrogen-bond acceptors (Lipinski definition) is 4. The van der Waals surface area contributed by atoms with E-state index in [1.165, 1.54) is 0 Å². The maximum absolute atomic E-state index is 11.9. The number of carboxylic acid groups (broad SMARTS) is 1. The molecule has 1 amide bonds. The first-order valence-electron chi connectivity index (χ1n) is 6.78. The minimum Gasteiger partial charge on any atom is -0.480 e. The van der Waals surface area contributed by atoms with Gasteiger partial charge in [-0.15, -0.1) is 0 Å². The van der Waals surface area contributed by atoms with E-state index < -0.39 is 5.97 Å². The summed E-state index contributed by atoms with van der Waals surface area (Å²) in [5, 5.41) is 11.7. The third-order valence-corrected chi connectivity index (χ3v) is 3.61. The zero-order chi connectivity index (χ0) is 14.5. The molecule has 1 heterocycles. The molecule has 0 spiro atoms. The molecule has 6 nitrogen and oxygen atoms in total. The van der Waals surface area contributed by atoms with Crippen molar-refractivity contribution in [2.45, 2.75) is 31.8 Å². The van der Waals surface area contributed by atoms with Crippen LogP contribution in [0, 0.1) is 0 Å². The van der Waals surface area contributed by atoms with Gasteiger partial charge in [0.15, 0.2) is 0 Å². The van der Waals surface area contributed by atoms with Crippen LogP contribution in [0.25, 0.3) is 0 Å². The monoisotopic (exact) mass is 277 g/mol. The predicted octanol–water partition coefficient (Wildman–Crippen LogP) is 0.749. The van der Waals surface area contributed by atoms with Crippen molar-refractivity contribution in [1.82, 2.24) is 15.2 Å². The molecule has 1 aromatic rings. The number of pyridine rings is 1. The fourth-order valence-electron chi connectivity index (χ4n) is 2.43. The SMILES string of the molecule is CCN(CC(=O)O)C1CC(NC(=O)c2ccccn2)C1. The van der Waals surface area contributed by atoms with E-state index in [0.717, 1.165) is 12.8 Å². The van der Waals surface area contributed by atoms with Crippen molar-refractivity contribution >= 4 is 11.9 Å². The highest BCUT2D eigenvalue weighted by Gasteiger charge is 2.34. The Morgan fingerprint density at radius 3 is 2.75 bits per heavy atom. The topological polar surface area (TPSA) is 82.5 Å². The number of likely N-dealkylation sites (N-methyl/N-ethyl adjacent to an activating group) is 1. The first kappa shape index (κ1) is 14.5. The zero-order valence-electron chi connectivity index (χ0n) is 11.5. The number of nitrogens with zero attached hydrogens (tertiary/aromatic N) is 2. The molecule has 0 atom stereocenters. The molecule has 0 aliphatic heterocycles. The number of amides is 1. The van der Waals surface area contributed by atoms with Crippen LogP contribution < -0.4 is 5.32 Å². The summed E-state index contributed by atoms with van der Waals surface area (Å²) in [6.45, 7) is 2.71. The number of hydrogen-bond donors (Lipinski definition) is 2. The Labute approximate surface area is 117 Å². The van der Waals surface area contributed by atoms with Crippen LogP contribution in [0.4, 0.5) is 0 Å². The summed E-state index contributed by atoms with van der Waals surface area (Å²) in [7, 11) is 0. The lowest BCUT2D eigenvalue weighted by Crippen LogP contribution is -2.54. The van der Waals surface area contributed by atoms with Gasteiger partial charge in [0, 0.05) is 18.3 Å². The second kappa shape index (κ2) is 6.47. The summed E-state index contributed by atoms with van der Waals surface area (Å²) in [4.78, 5) is 28.6. The second-order valence-electron chi connectivity index (χ2n) is 4.97. The summed E-state index contributed by atoms with van der Waals surface area (Å²) in [5.74, 6) is -0.983. The standard InChI is InChI=1S/C14H19N3O3/c1-2-17(9-13(18)19)11-7-10(8-11)16-14(20)12-5-3-4-6-15-12/h3-6,10-11H,2,7-9H2,1H3,(H,16,20)(H,18,19). The van der Waals surface area contributed by atoms with Crippen LogP contribution in [-0.2, 0) is 4.79 Å². The molecule has 6 heteroatoms. The van der Waals surface area contributed by atoms with Crippen molar-refractivity contribution in [3.8, 4) is 0 Å². The molecule has 0 saturated heterocycles. The molecular formula is C14H19N3O3. The van der Waals surface area contributed by atoms with Crippen molar-refractivity contribution in [3.63, 3.8) is 0 Å². The van der Waals surface area contributed by atoms with E-state index in [1.807, 2.05) is 11.8 Å². The molecule has 0 radical (unpaired) electrons. The fraction of sp³-hybridized carbons (Fsp3) is 0.500. The van der Waals surface area contributed by atoms with Crippen LogP contribution in [0.1, 0.15) is 30.3 Å². The van der Waals surface area contributed by atoms with E-state index in [0.29, 0.717) is 12.2 Å². The van der Waals surface area contributed by atoms with Crippen LogP contribution in [0.15, 0.2) is 24.4 Å². The Balaban J connectivity index is 1.79. The average Bonchev–Trinajstić information content (AvgIpc) is 2.40. The van der Waals surface area contributed by atoms with Gasteiger partial charge < -0.3 is 10.4 Å². The lowest BCUT2D eigenvalue weighted by Gasteiger charge is -2.42. The molecule has 1 fully saturated rings. The van der Waals surface area contributed by atoms with E-state index in [4.69, 9.17) is 5.11 Å². The quantitative estimate of drug-likeness (QED) is 0.801. The number of carbonyl (C=O) groups excluding carboxylic acids is 1. The van der Waals surface area contributed by atoms with Gasteiger partial charge in [-0.05, 0) is 31.5 Å². The lowest BCUT2D eigenvalue weighted by atomic mass is 9.85. The Morgan fingerprint density at radius 2 is 2.20 bits per heavy atom. The summed E-state index contributed by atoms with van der Waals surface area (Å²) < 4.78 is 0. The molecule has 108 valence electrons. The number of carbonyl (C=O) groups is 2. The maximum atomic E-state index is 11.9. The third kappa shape index (κ3) is 3.54. The summed E-state index contributed by atoms with van der Waals surface area (Å²) in [6, 6.07) is 5.56. The number of rotatable bonds is 6. The number of aromatic nitrogens is 1. The van der Waals surface area contributed by atoms with E-state index in [-0.39, 0.29) is 24.5 Å². The van der Waals surface area contributed by atoms with Gasteiger partial charge in [-0.1, -0.05) is 13.0 Å². The Hall–Kier alpha value is -1.95. The van der Waals surface area contributed by atoms with Crippen LogP contribution in [0.3, 0.4) is 0 Å². The molecular weight excluding hydrogens is 258 g/mol. The largest absolute Gasteiger partial charge is 0.480 e. The molecule has 2 rings (SSSR count). The average molecular weight is 277 g/mol. The molecule has 0 unspecified atom stereocenters. The van der Waals surface area contributed by atoms with Crippen molar-refractivity contribution in [3.05, 3.63) is 30.1 Å². The highest BCUT2D eigenvalue weighted by atomic mass is 16.4. The summed E-state index contributed by atoms with van der Waals surface area (Å²) in [6.07, 6.45) is 3.17. The van der Waals surface area contributed by atoms with Crippen LogP contribution in [0.2, 0.25) is 0 Å². The van der Waals surface area contributed by atoms with Crippen molar-refractivity contribution < 1.29 is 14.7 Å². The predicted molar refractivity (Wildman–Crippen MR) is 73.4 cm³/mol. The molecule has 20 heavy (non-hydrogen) atoms. The van der Waals surface area contributed by atoms with Gasteiger partial charge >= 0.3 is 5.97 Å². The zero-order valence-corrected chi connectivity index (χ0v) is 11.5. The van der Waals surface area contributed by atoms with Gasteiger partial charge in [0.2, 0.25) is 0 Å². The molecule has 1 aliphatic rings. The van der Waals surface area contributed by atoms with Crippen molar-refractivity contribution in [1.29, 1.82) is 0 Å². The molecule has 1 saturated carbocycles. The van der Waals surface area contributed by atoms with Crippen LogP contribution in [-0.4, -0.2) is 52.0 Å². The van der Waals surface area contributed by atoms with E-state index in [1.54, 1.807) is 24.4 Å². The normalized spacial score (nSPS) is 21.3. The molecule has 1 aliphatic carbocycles. The minimum absolute atomic E-state index is 0.0576. The Morgan fingerprint density at radius 1 is 1.45 bits per heavy atom. The minimum atomic E-state index is -0.812. The Bertz CT molecular complexity index is 472. The maximum Gasteiger partial charge on any atom is 0.317 e. The summed E-state index contributed by atoms with van der Waals surface area (Å²) in [5.41, 5.74) is 0.411. The first-order valence-corrected chi connectivity index (χ1v) is 6.78. The fourth-order valence-corrected chi connectivity index (χ4v) is 2.43. The summed E-state index contributed by atoms with van der Waals surface area (Å²) >= 11 is 0. The Kier molecular flexibility index (Phi) is 4.68. The van der Waals surface area contributed by atoms with E-state index in [9.17, 15) is 9.59 Å². The highest BCUT2D eigenvalue weighted by Crippen LogP contribution is 2.25.